The fraction of sp³-hybridized carbons (Fsp3) is 0.400. The molecule has 1 unspecified atom stereocenters. The summed E-state index contributed by atoms with van der Waals surface area (Å²) in [6.07, 6.45) is 8.89. The molecule has 1 saturated carbocycles. The number of piperidine rings is 1. The summed E-state index contributed by atoms with van der Waals surface area (Å²) in [6.45, 7) is 6.39. The first kappa shape index (κ1) is 28.9. The fourth-order valence-corrected chi connectivity index (χ4v) is 4.15. The van der Waals surface area contributed by atoms with E-state index in [9.17, 15) is 22.8 Å². The Morgan fingerprint density at radius 2 is 2.09 bits per heavy atom. The van der Waals surface area contributed by atoms with E-state index in [0.29, 0.717) is 25.6 Å². The molecule has 1 aliphatic carbocycles. The van der Waals surface area contributed by atoms with E-state index in [1.165, 1.54) is 18.3 Å². The molecular formula is C25H26F3N3O3U. The van der Waals surface area contributed by atoms with E-state index in [0.717, 1.165) is 37.8 Å². The van der Waals surface area contributed by atoms with E-state index in [1.807, 2.05) is 0 Å². The summed E-state index contributed by atoms with van der Waals surface area (Å²) in [7, 11) is 0. The molecule has 2 heterocycles. The maximum absolute atomic E-state index is 12.8. The Kier molecular flexibility index (Phi) is 10.4. The number of rotatable bonds is 8. The molecule has 1 aromatic rings. The van der Waals surface area contributed by atoms with Gasteiger partial charge in [0.05, 0.1) is 0 Å². The van der Waals surface area contributed by atoms with E-state index < -0.39 is 6.36 Å². The Hall–Kier alpha value is -2.31. The number of nitrogens with zero attached hydrogens (tertiary/aromatic N) is 2. The summed E-state index contributed by atoms with van der Waals surface area (Å²) in [5, 5.41) is 2.88. The van der Waals surface area contributed by atoms with Crippen LogP contribution in [0.4, 0.5) is 13.2 Å². The number of likely N-dealkylation sites (tertiary alicyclic amines) is 1. The number of allylic oxidation sites excluding steroid dienone is 3. The van der Waals surface area contributed by atoms with Crippen LogP contribution in [-0.2, 0) is 14.3 Å². The van der Waals surface area contributed by atoms with Crippen molar-refractivity contribution in [3.8, 4) is 0 Å². The molecule has 10 heteroatoms. The fourth-order valence-electron chi connectivity index (χ4n) is 4.15. The van der Waals surface area contributed by atoms with Crippen LogP contribution in [0, 0.1) is 54.6 Å². The zero-order valence-corrected chi connectivity index (χ0v) is 23.5. The molecule has 184 valence electrons. The Balaban J connectivity index is 0.00000432. The first-order chi connectivity index (χ1) is 16.1. The van der Waals surface area contributed by atoms with Crippen LogP contribution in [0.15, 0.2) is 54.6 Å². The summed E-state index contributed by atoms with van der Waals surface area (Å²) in [6, 6.07) is 4.62. The Morgan fingerprint density at radius 1 is 1.37 bits per heavy atom. The topological polar surface area (TPSA) is 71.5 Å². The van der Waals surface area contributed by atoms with Crippen LogP contribution in [0.2, 0.25) is 0 Å². The molecule has 0 radical (unpaired) electrons. The molecular weight excluding hydrogens is 685 g/mol. The molecule has 1 spiro atoms. The van der Waals surface area contributed by atoms with Gasteiger partial charge in [-0.2, -0.15) is 0 Å². The Labute approximate surface area is 226 Å². The van der Waals surface area contributed by atoms with Gasteiger partial charge in [-0.05, 0) is 55.9 Å². The molecule has 1 atom stereocenters. The number of aromatic nitrogens is 1. The van der Waals surface area contributed by atoms with Gasteiger partial charge in [-0.3, -0.25) is 20.6 Å². The van der Waals surface area contributed by atoms with Crippen LogP contribution in [-0.4, -0.2) is 47.7 Å². The Bertz CT molecular complexity index is 998. The van der Waals surface area contributed by atoms with Gasteiger partial charge in [0.1, 0.15) is 11.7 Å². The van der Waals surface area contributed by atoms with Gasteiger partial charge in [0.15, 0.2) is 0 Å². The zero-order valence-electron chi connectivity index (χ0n) is 19.3. The van der Waals surface area contributed by atoms with E-state index in [-0.39, 0.29) is 59.7 Å². The van der Waals surface area contributed by atoms with E-state index in [2.05, 4.69) is 33.8 Å². The monoisotopic (exact) mass is 711 g/mol. The van der Waals surface area contributed by atoms with Crippen LogP contribution < -0.4 is 5.32 Å². The Morgan fingerprint density at radius 3 is 2.69 bits per heavy atom. The normalized spacial score (nSPS) is 19.8. The molecule has 0 bridgehead atoms. The third-order valence-electron chi connectivity index (χ3n) is 6.16. The van der Waals surface area contributed by atoms with Crippen LogP contribution in [0.5, 0.6) is 0 Å². The van der Waals surface area contributed by atoms with Crippen LogP contribution >= 0.6 is 0 Å². The molecule has 2 fully saturated rings. The van der Waals surface area contributed by atoms with Crippen molar-refractivity contribution in [2.45, 2.75) is 32.5 Å². The number of carbonyl (C=O) groups excluding carboxylic acids is 2. The minimum atomic E-state index is -4.78. The largest absolute Gasteiger partial charge is 2.00 e. The second-order valence-electron chi connectivity index (χ2n) is 8.40. The van der Waals surface area contributed by atoms with Gasteiger partial charge < -0.3 is 26.6 Å². The third kappa shape index (κ3) is 8.69. The predicted molar refractivity (Wildman–Crippen MR) is 119 cm³/mol. The number of carbonyl (C=O) groups is 2. The maximum atomic E-state index is 12.8. The molecule has 6 nitrogen and oxygen atoms in total. The van der Waals surface area contributed by atoms with Crippen molar-refractivity contribution in [2.75, 3.05) is 19.6 Å². The number of alkyl halides is 3. The van der Waals surface area contributed by atoms with Crippen molar-refractivity contribution in [3.05, 3.63) is 72.3 Å². The van der Waals surface area contributed by atoms with Gasteiger partial charge >= 0.3 is 37.5 Å². The first-order valence-electron chi connectivity index (χ1n) is 10.9. The molecule has 1 aliphatic heterocycles. The minimum Gasteiger partial charge on any atom is -0.411 e. The molecule has 3 rings (SSSR count). The zero-order chi connectivity index (χ0) is 24.8. The number of hydrogen-bond acceptors (Lipinski definition) is 4. The minimum absolute atomic E-state index is 0. The van der Waals surface area contributed by atoms with Gasteiger partial charge in [0.2, 0.25) is 0 Å². The van der Waals surface area contributed by atoms with Crippen LogP contribution in [0.25, 0.3) is 6.08 Å². The predicted octanol–water partition coefficient (Wildman–Crippen LogP) is 4.00. The maximum Gasteiger partial charge on any atom is 2.00 e. The van der Waals surface area contributed by atoms with E-state index >= 15 is 0 Å². The molecule has 0 aromatic carbocycles. The summed E-state index contributed by atoms with van der Waals surface area (Å²) in [5.74, 6) is -0.592. The van der Waals surface area contributed by atoms with Crippen LogP contribution in [0.3, 0.4) is 0 Å². The molecule has 2 amide bonds. The third-order valence-corrected chi connectivity index (χ3v) is 6.16. The van der Waals surface area contributed by atoms with Crippen molar-refractivity contribution in [1.29, 1.82) is 0 Å². The summed E-state index contributed by atoms with van der Waals surface area (Å²) in [5.41, 5.74) is 1.04. The number of nitrogens with one attached hydrogen (secondary N) is 1. The van der Waals surface area contributed by atoms with E-state index in [4.69, 9.17) is 0 Å². The van der Waals surface area contributed by atoms with Gasteiger partial charge in [0, 0.05) is 25.2 Å². The summed E-state index contributed by atoms with van der Waals surface area (Å²) >= 11 is 0. The number of ether oxygens (including phenoxy) is 1. The number of halogens is 3. The number of hydrogen-bond donors (Lipinski definition) is 1. The molecule has 1 saturated heterocycles. The SMILES string of the molecule is C=C/C(=C\C=C(/C)OC(F)(F)F)C(=O)N1CCC2(CC1)CC2CNC(=O)[C-]=Cc1[c-]cncc1.[U+2]. The van der Waals surface area contributed by atoms with Gasteiger partial charge in [-0.1, -0.05) is 18.9 Å². The first-order valence-corrected chi connectivity index (χ1v) is 10.9. The molecule has 2 aliphatic rings. The van der Waals surface area contributed by atoms with Crippen molar-refractivity contribution < 1.29 is 58.6 Å². The second kappa shape index (κ2) is 12.6. The molecule has 35 heavy (non-hydrogen) atoms. The van der Waals surface area contributed by atoms with Crippen molar-refractivity contribution in [1.82, 2.24) is 15.2 Å². The standard InChI is InChI=1S/C25H26F3N3O3.U/c1-3-20(6-4-18(2)34-25(26,27)28)23(33)31-14-10-24(11-15-31)16-21(24)17-30-22(32)7-5-19-8-12-29-13-9-19;/h3-6,8,12-13,21H,1,10-11,14-17H2,2H3,(H,30,32);/q-2;+2/b18-4+,20-6+;. The average Bonchev–Trinajstić information content (AvgIpc) is 3.47. The van der Waals surface area contributed by atoms with Gasteiger partial charge in [-0.25, -0.2) is 12.1 Å². The van der Waals surface area contributed by atoms with Crippen molar-refractivity contribution >= 4 is 17.9 Å². The van der Waals surface area contributed by atoms with Crippen LogP contribution in [0.1, 0.15) is 31.7 Å². The average molecular weight is 712 g/mol. The second-order valence-corrected chi connectivity index (χ2v) is 8.40. The van der Waals surface area contributed by atoms with Gasteiger partial charge in [0.25, 0.3) is 5.91 Å². The quantitative estimate of drug-likeness (QED) is 0.192. The number of amides is 2. The van der Waals surface area contributed by atoms with Crippen molar-refractivity contribution in [3.63, 3.8) is 0 Å². The summed E-state index contributed by atoms with van der Waals surface area (Å²) in [4.78, 5) is 30.3. The molecule has 1 N–H and O–H groups in total. The van der Waals surface area contributed by atoms with Crippen molar-refractivity contribution in [2.24, 2.45) is 11.3 Å². The van der Waals surface area contributed by atoms with E-state index in [1.54, 1.807) is 23.2 Å². The van der Waals surface area contributed by atoms with Gasteiger partial charge in [-0.15, -0.1) is 13.2 Å². The summed E-state index contributed by atoms with van der Waals surface area (Å²) < 4.78 is 40.6. The number of pyridine rings is 1. The smallest absolute Gasteiger partial charge is 0.411 e. The molecule has 1 aromatic heterocycles.